The fourth-order valence-corrected chi connectivity index (χ4v) is 2.01. The number of nitrogens with one attached hydrogen (secondary N) is 1. The molecule has 1 aromatic carbocycles. The van der Waals surface area contributed by atoms with Crippen LogP contribution in [0, 0.1) is 12.7 Å². The maximum absolute atomic E-state index is 13.8. The highest BCUT2D eigenvalue weighted by molar-refractivity contribution is 9.10. The SMILES string of the molecule is CNc1ncnc(-c2cc(Br)ccc2F)c1C. The molecule has 88 valence electrons. The quantitative estimate of drug-likeness (QED) is 0.923. The highest BCUT2D eigenvalue weighted by Gasteiger charge is 2.12. The molecule has 3 nitrogen and oxygen atoms in total. The van der Waals surface area contributed by atoms with Crippen LogP contribution in [0.25, 0.3) is 11.3 Å². The van der Waals surface area contributed by atoms with Gasteiger partial charge in [-0.1, -0.05) is 15.9 Å². The summed E-state index contributed by atoms with van der Waals surface area (Å²) in [6.07, 6.45) is 1.43. The lowest BCUT2D eigenvalue weighted by molar-refractivity contribution is 0.630. The summed E-state index contributed by atoms with van der Waals surface area (Å²) in [4.78, 5) is 8.23. The molecule has 2 rings (SSSR count). The third-order valence-electron chi connectivity index (χ3n) is 2.50. The average Bonchev–Trinajstić information content (AvgIpc) is 2.33. The van der Waals surface area contributed by atoms with E-state index >= 15 is 0 Å². The second-order valence-corrected chi connectivity index (χ2v) is 4.49. The zero-order valence-electron chi connectivity index (χ0n) is 9.46. The largest absolute Gasteiger partial charge is 0.373 e. The molecule has 17 heavy (non-hydrogen) atoms. The van der Waals surface area contributed by atoms with Gasteiger partial charge >= 0.3 is 0 Å². The Morgan fingerprint density at radius 3 is 2.76 bits per heavy atom. The minimum atomic E-state index is -0.294. The molecule has 0 atom stereocenters. The van der Waals surface area contributed by atoms with Crippen molar-refractivity contribution in [2.75, 3.05) is 12.4 Å². The third-order valence-corrected chi connectivity index (χ3v) is 3.00. The van der Waals surface area contributed by atoms with Gasteiger partial charge in [0.2, 0.25) is 0 Å². The van der Waals surface area contributed by atoms with Crippen LogP contribution in [-0.2, 0) is 0 Å². The predicted molar refractivity (Wildman–Crippen MR) is 69.4 cm³/mol. The van der Waals surface area contributed by atoms with Crippen molar-refractivity contribution in [3.05, 3.63) is 40.4 Å². The molecule has 0 amide bonds. The van der Waals surface area contributed by atoms with Crippen molar-refractivity contribution in [1.29, 1.82) is 0 Å². The normalized spacial score (nSPS) is 10.4. The third kappa shape index (κ3) is 2.29. The van der Waals surface area contributed by atoms with Crippen LogP contribution in [-0.4, -0.2) is 17.0 Å². The Kier molecular flexibility index (Phi) is 3.38. The molecule has 0 bridgehead atoms. The van der Waals surface area contributed by atoms with Crippen molar-refractivity contribution in [3.63, 3.8) is 0 Å². The first kappa shape index (κ1) is 12.0. The Morgan fingerprint density at radius 2 is 2.06 bits per heavy atom. The van der Waals surface area contributed by atoms with Crippen molar-refractivity contribution < 1.29 is 4.39 Å². The molecular formula is C12H11BrFN3. The van der Waals surface area contributed by atoms with Crippen LogP contribution >= 0.6 is 15.9 Å². The molecule has 5 heteroatoms. The fraction of sp³-hybridized carbons (Fsp3) is 0.167. The van der Waals surface area contributed by atoms with E-state index in [1.54, 1.807) is 19.2 Å². The van der Waals surface area contributed by atoms with E-state index in [2.05, 4.69) is 31.2 Å². The predicted octanol–water partition coefficient (Wildman–Crippen LogP) is 3.40. The second kappa shape index (κ2) is 4.79. The van der Waals surface area contributed by atoms with Crippen LogP contribution in [0.3, 0.4) is 0 Å². The number of rotatable bonds is 2. The molecule has 1 aromatic heterocycles. The minimum Gasteiger partial charge on any atom is -0.373 e. The highest BCUT2D eigenvalue weighted by Crippen LogP contribution is 2.29. The van der Waals surface area contributed by atoms with Gasteiger partial charge < -0.3 is 5.32 Å². The first-order chi connectivity index (χ1) is 8.13. The summed E-state index contributed by atoms with van der Waals surface area (Å²) in [6, 6.07) is 4.79. The summed E-state index contributed by atoms with van der Waals surface area (Å²) in [5.74, 6) is 0.409. The fourth-order valence-electron chi connectivity index (χ4n) is 1.65. The van der Waals surface area contributed by atoms with Gasteiger partial charge in [-0.2, -0.15) is 0 Å². The average molecular weight is 296 g/mol. The molecule has 0 saturated carbocycles. The lowest BCUT2D eigenvalue weighted by Gasteiger charge is -2.09. The molecule has 0 aliphatic heterocycles. The second-order valence-electron chi connectivity index (χ2n) is 3.57. The number of anilines is 1. The number of nitrogens with zero attached hydrogens (tertiary/aromatic N) is 2. The topological polar surface area (TPSA) is 37.8 Å². The molecule has 0 fully saturated rings. The zero-order chi connectivity index (χ0) is 12.4. The van der Waals surface area contributed by atoms with E-state index < -0.39 is 0 Å². The van der Waals surface area contributed by atoms with Gasteiger partial charge in [0.05, 0.1) is 5.69 Å². The van der Waals surface area contributed by atoms with Crippen LogP contribution in [0.5, 0.6) is 0 Å². The monoisotopic (exact) mass is 295 g/mol. The molecule has 0 radical (unpaired) electrons. The lowest BCUT2D eigenvalue weighted by Crippen LogP contribution is -2.00. The van der Waals surface area contributed by atoms with Gasteiger partial charge in [0.1, 0.15) is 18.0 Å². The van der Waals surface area contributed by atoms with E-state index in [1.807, 2.05) is 6.92 Å². The Labute approximate surface area is 107 Å². The highest BCUT2D eigenvalue weighted by atomic mass is 79.9. The molecule has 2 aromatic rings. The van der Waals surface area contributed by atoms with Crippen LogP contribution in [0.2, 0.25) is 0 Å². The van der Waals surface area contributed by atoms with Gasteiger partial charge in [-0.15, -0.1) is 0 Å². The smallest absolute Gasteiger partial charge is 0.132 e. The number of hydrogen-bond acceptors (Lipinski definition) is 3. The van der Waals surface area contributed by atoms with Gasteiger partial charge in [0, 0.05) is 22.6 Å². The maximum Gasteiger partial charge on any atom is 0.132 e. The molecule has 0 unspecified atom stereocenters. The van der Waals surface area contributed by atoms with Crippen LogP contribution in [0.1, 0.15) is 5.56 Å². The van der Waals surface area contributed by atoms with Crippen molar-refractivity contribution in [1.82, 2.24) is 9.97 Å². The van der Waals surface area contributed by atoms with Crippen molar-refractivity contribution in [2.24, 2.45) is 0 Å². The Morgan fingerprint density at radius 1 is 1.29 bits per heavy atom. The van der Waals surface area contributed by atoms with E-state index in [0.29, 0.717) is 17.1 Å². The standard InChI is InChI=1S/C12H11BrFN3/c1-7-11(16-6-17-12(7)15-2)9-5-8(13)3-4-10(9)14/h3-6H,1-2H3,(H,15,16,17). The molecule has 1 heterocycles. The van der Waals surface area contributed by atoms with Gasteiger partial charge in [-0.3, -0.25) is 0 Å². The van der Waals surface area contributed by atoms with Crippen LogP contribution in [0.4, 0.5) is 10.2 Å². The molecule has 0 aliphatic carbocycles. The first-order valence-electron chi connectivity index (χ1n) is 5.08. The number of benzene rings is 1. The lowest BCUT2D eigenvalue weighted by atomic mass is 10.1. The van der Waals surface area contributed by atoms with Crippen LogP contribution < -0.4 is 5.32 Å². The molecule has 1 N–H and O–H groups in total. The molecular weight excluding hydrogens is 285 g/mol. The van der Waals surface area contributed by atoms with Gasteiger partial charge in [0.25, 0.3) is 0 Å². The van der Waals surface area contributed by atoms with Crippen molar-refractivity contribution >= 4 is 21.7 Å². The van der Waals surface area contributed by atoms with Gasteiger partial charge in [-0.25, -0.2) is 14.4 Å². The molecule has 0 saturated heterocycles. The van der Waals surface area contributed by atoms with E-state index in [4.69, 9.17) is 0 Å². The van der Waals surface area contributed by atoms with Crippen LogP contribution in [0.15, 0.2) is 29.0 Å². The van der Waals surface area contributed by atoms with E-state index in [9.17, 15) is 4.39 Å². The summed E-state index contributed by atoms with van der Waals surface area (Å²) in [6.45, 7) is 1.86. The summed E-state index contributed by atoms with van der Waals surface area (Å²) in [5.41, 5.74) is 1.89. The maximum atomic E-state index is 13.8. The molecule has 0 spiro atoms. The van der Waals surface area contributed by atoms with Crippen molar-refractivity contribution in [3.8, 4) is 11.3 Å². The van der Waals surface area contributed by atoms with E-state index in [1.165, 1.54) is 12.4 Å². The minimum absolute atomic E-state index is 0.294. The van der Waals surface area contributed by atoms with Crippen molar-refractivity contribution in [2.45, 2.75) is 6.92 Å². The Hall–Kier alpha value is -1.49. The van der Waals surface area contributed by atoms with E-state index in [-0.39, 0.29) is 5.82 Å². The number of halogens is 2. The van der Waals surface area contributed by atoms with E-state index in [0.717, 1.165) is 10.0 Å². The Bertz CT molecular complexity index is 557. The zero-order valence-corrected chi connectivity index (χ0v) is 11.0. The molecule has 0 aliphatic rings. The summed E-state index contributed by atoms with van der Waals surface area (Å²) in [5, 5.41) is 2.95. The Balaban J connectivity index is 2.64. The summed E-state index contributed by atoms with van der Waals surface area (Å²) < 4.78 is 14.6. The van der Waals surface area contributed by atoms with Gasteiger partial charge in [-0.05, 0) is 25.1 Å². The first-order valence-corrected chi connectivity index (χ1v) is 5.87. The number of aromatic nitrogens is 2. The number of hydrogen-bond donors (Lipinski definition) is 1. The van der Waals surface area contributed by atoms with Gasteiger partial charge in [0.15, 0.2) is 0 Å². The summed E-state index contributed by atoms with van der Waals surface area (Å²) in [7, 11) is 1.77. The summed E-state index contributed by atoms with van der Waals surface area (Å²) >= 11 is 3.33.